The van der Waals surface area contributed by atoms with Gasteiger partial charge in [-0.25, -0.2) is 9.97 Å². The lowest BCUT2D eigenvalue weighted by molar-refractivity contribution is -0.126. The minimum absolute atomic E-state index is 0.00603. The van der Waals surface area contributed by atoms with Gasteiger partial charge in [0, 0.05) is 19.3 Å². The molecule has 1 aliphatic rings. The van der Waals surface area contributed by atoms with Gasteiger partial charge in [-0.1, -0.05) is 0 Å². The zero-order chi connectivity index (χ0) is 11.8. The Morgan fingerprint density at radius 2 is 2.31 bits per heavy atom. The lowest BCUT2D eigenvalue weighted by Gasteiger charge is -2.41. The van der Waals surface area contributed by atoms with Gasteiger partial charge in [0.25, 0.3) is 0 Å². The molecule has 0 aliphatic carbocycles. The summed E-state index contributed by atoms with van der Waals surface area (Å²) < 4.78 is 0. The summed E-state index contributed by atoms with van der Waals surface area (Å²) in [5, 5.41) is 3.02. The predicted octanol–water partition coefficient (Wildman–Crippen LogP) is 0.845. The molecule has 1 aliphatic heterocycles. The number of anilines is 1. The lowest BCUT2D eigenvalue weighted by Crippen LogP contribution is -2.62. The number of carbonyl (C=O) groups excluding carboxylic acids is 1. The quantitative estimate of drug-likeness (QED) is 0.740. The topological polar surface area (TPSA) is 58.1 Å². The van der Waals surface area contributed by atoms with E-state index in [0.717, 1.165) is 0 Å². The SMILES string of the molecule is CC1(C)C(=O)NCCN1c1ccnc(Cl)n1. The molecule has 6 heteroatoms. The van der Waals surface area contributed by atoms with Crippen molar-refractivity contribution in [3.05, 3.63) is 17.5 Å². The van der Waals surface area contributed by atoms with Crippen LogP contribution < -0.4 is 10.2 Å². The summed E-state index contributed by atoms with van der Waals surface area (Å²) in [5.41, 5.74) is -0.615. The summed E-state index contributed by atoms with van der Waals surface area (Å²) in [6.07, 6.45) is 1.59. The Hall–Kier alpha value is -1.36. The molecule has 0 saturated carbocycles. The first-order valence-electron chi connectivity index (χ1n) is 5.06. The Morgan fingerprint density at radius 1 is 1.56 bits per heavy atom. The van der Waals surface area contributed by atoms with Gasteiger partial charge in [0.1, 0.15) is 11.4 Å². The molecule has 5 nitrogen and oxygen atoms in total. The number of nitrogens with one attached hydrogen (secondary N) is 1. The van der Waals surface area contributed by atoms with E-state index in [2.05, 4.69) is 15.3 Å². The Kier molecular flexibility index (Phi) is 2.71. The second-order valence-corrected chi connectivity index (χ2v) is 4.49. The molecule has 0 unspecified atom stereocenters. The number of amides is 1. The highest BCUT2D eigenvalue weighted by Crippen LogP contribution is 2.24. The van der Waals surface area contributed by atoms with Crippen LogP contribution in [-0.2, 0) is 4.79 Å². The van der Waals surface area contributed by atoms with Crippen LogP contribution in [0, 0.1) is 0 Å². The van der Waals surface area contributed by atoms with E-state index in [1.54, 1.807) is 12.3 Å². The second kappa shape index (κ2) is 3.90. The number of nitrogens with zero attached hydrogens (tertiary/aromatic N) is 3. The van der Waals surface area contributed by atoms with Crippen molar-refractivity contribution in [3.8, 4) is 0 Å². The van der Waals surface area contributed by atoms with E-state index in [0.29, 0.717) is 18.9 Å². The smallest absolute Gasteiger partial charge is 0.245 e. The van der Waals surface area contributed by atoms with Gasteiger partial charge in [0.05, 0.1) is 0 Å². The van der Waals surface area contributed by atoms with E-state index in [1.807, 2.05) is 18.7 Å². The maximum absolute atomic E-state index is 11.8. The summed E-state index contributed by atoms with van der Waals surface area (Å²) in [4.78, 5) is 21.6. The summed E-state index contributed by atoms with van der Waals surface area (Å²) in [7, 11) is 0. The largest absolute Gasteiger partial charge is 0.352 e. The molecule has 1 fully saturated rings. The van der Waals surface area contributed by atoms with Crippen molar-refractivity contribution in [2.24, 2.45) is 0 Å². The number of halogens is 1. The molecular formula is C10H13ClN4O. The Balaban J connectivity index is 2.36. The molecule has 0 radical (unpaired) electrons. The molecule has 0 atom stereocenters. The molecule has 1 N–H and O–H groups in total. The van der Waals surface area contributed by atoms with Crippen molar-refractivity contribution in [1.82, 2.24) is 15.3 Å². The van der Waals surface area contributed by atoms with Crippen molar-refractivity contribution in [2.75, 3.05) is 18.0 Å². The van der Waals surface area contributed by atoms with Crippen LogP contribution in [0.5, 0.6) is 0 Å². The van der Waals surface area contributed by atoms with Crippen LogP contribution in [0.3, 0.4) is 0 Å². The fourth-order valence-corrected chi connectivity index (χ4v) is 1.92. The van der Waals surface area contributed by atoms with Gasteiger partial charge < -0.3 is 10.2 Å². The third-order valence-electron chi connectivity index (χ3n) is 2.74. The lowest BCUT2D eigenvalue weighted by atomic mass is 9.99. The van der Waals surface area contributed by atoms with E-state index >= 15 is 0 Å². The van der Waals surface area contributed by atoms with Crippen LogP contribution >= 0.6 is 11.6 Å². The predicted molar refractivity (Wildman–Crippen MR) is 61.5 cm³/mol. The van der Waals surface area contributed by atoms with Crippen LogP contribution in [0.4, 0.5) is 5.82 Å². The van der Waals surface area contributed by atoms with Gasteiger partial charge in [0.2, 0.25) is 11.2 Å². The molecule has 0 spiro atoms. The van der Waals surface area contributed by atoms with Gasteiger partial charge in [-0.15, -0.1) is 0 Å². The van der Waals surface area contributed by atoms with E-state index < -0.39 is 5.54 Å². The summed E-state index contributed by atoms with van der Waals surface area (Å²) in [6, 6.07) is 1.76. The maximum Gasteiger partial charge on any atom is 0.245 e. The molecule has 16 heavy (non-hydrogen) atoms. The first-order valence-corrected chi connectivity index (χ1v) is 5.44. The average molecular weight is 241 g/mol. The first-order chi connectivity index (χ1) is 7.51. The highest BCUT2D eigenvalue weighted by molar-refractivity contribution is 6.28. The third-order valence-corrected chi connectivity index (χ3v) is 2.92. The van der Waals surface area contributed by atoms with Crippen LogP contribution in [-0.4, -0.2) is 34.5 Å². The first kappa shape index (κ1) is 11.1. The number of rotatable bonds is 1. The highest BCUT2D eigenvalue weighted by Gasteiger charge is 2.38. The maximum atomic E-state index is 11.8. The Bertz CT molecular complexity index is 421. The molecule has 1 amide bonds. The van der Waals surface area contributed by atoms with Crippen molar-refractivity contribution >= 4 is 23.3 Å². The van der Waals surface area contributed by atoms with Crippen LogP contribution in [0.25, 0.3) is 0 Å². The molecule has 2 rings (SSSR count). The molecule has 0 aromatic carbocycles. The van der Waals surface area contributed by atoms with Gasteiger partial charge in [-0.2, -0.15) is 0 Å². The highest BCUT2D eigenvalue weighted by atomic mass is 35.5. The van der Waals surface area contributed by atoms with Crippen LogP contribution in [0.2, 0.25) is 5.28 Å². The number of carbonyl (C=O) groups is 1. The minimum Gasteiger partial charge on any atom is -0.352 e. The number of hydrogen-bond acceptors (Lipinski definition) is 4. The van der Waals surface area contributed by atoms with E-state index in [4.69, 9.17) is 11.6 Å². The Labute approximate surface area is 98.8 Å². The molecule has 2 heterocycles. The Morgan fingerprint density at radius 3 is 3.00 bits per heavy atom. The van der Waals surface area contributed by atoms with E-state index in [-0.39, 0.29) is 11.2 Å². The fourth-order valence-electron chi connectivity index (χ4n) is 1.78. The van der Waals surface area contributed by atoms with Gasteiger partial charge >= 0.3 is 0 Å². The zero-order valence-electron chi connectivity index (χ0n) is 9.20. The third kappa shape index (κ3) is 1.82. The van der Waals surface area contributed by atoms with Gasteiger partial charge in [0.15, 0.2) is 0 Å². The van der Waals surface area contributed by atoms with Gasteiger partial charge in [-0.3, -0.25) is 4.79 Å². The zero-order valence-corrected chi connectivity index (χ0v) is 9.95. The molecule has 1 aromatic rings. The monoisotopic (exact) mass is 240 g/mol. The van der Waals surface area contributed by atoms with Gasteiger partial charge in [-0.05, 0) is 31.5 Å². The van der Waals surface area contributed by atoms with Crippen LogP contribution in [0.15, 0.2) is 12.3 Å². The van der Waals surface area contributed by atoms with E-state index in [1.165, 1.54) is 0 Å². The molecule has 1 aromatic heterocycles. The number of hydrogen-bond donors (Lipinski definition) is 1. The average Bonchev–Trinajstić information content (AvgIpc) is 2.22. The van der Waals surface area contributed by atoms with Crippen LogP contribution in [0.1, 0.15) is 13.8 Å². The van der Waals surface area contributed by atoms with Crippen molar-refractivity contribution in [1.29, 1.82) is 0 Å². The normalized spacial score (nSPS) is 19.4. The number of aromatic nitrogens is 2. The molecule has 86 valence electrons. The fraction of sp³-hybridized carbons (Fsp3) is 0.500. The summed E-state index contributed by atoms with van der Waals surface area (Å²) in [6.45, 7) is 5.05. The minimum atomic E-state index is -0.615. The van der Waals surface area contributed by atoms with Crippen molar-refractivity contribution in [2.45, 2.75) is 19.4 Å². The standard InChI is InChI=1S/C10H13ClN4O/c1-10(2)8(16)12-5-6-15(10)7-3-4-13-9(11)14-7/h3-4H,5-6H2,1-2H3,(H,12,16). The number of piperazine rings is 1. The second-order valence-electron chi connectivity index (χ2n) is 4.15. The van der Waals surface area contributed by atoms with Crippen molar-refractivity contribution < 1.29 is 4.79 Å². The molecule has 0 bridgehead atoms. The van der Waals surface area contributed by atoms with Crippen molar-refractivity contribution in [3.63, 3.8) is 0 Å². The summed E-state index contributed by atoms with van der Waals surface area (Å²) in [5.74, 6) is 0.674. The summed E-state index contributed by atoms with van der Waals surface area (Å²) >= 11 is 5.74. The van der Waals surface area contributed by atoms with E-state index in [9.17, 15) is 4.79 Å². The molecule has 1 saturated heterocycles. The molecular weight excluding hydrogens is 228 g/mol.